The Morgan fingerprint density at radius 1 is 1.17 bits per heavy atom. The fraction of sp³-hybridized carbons (Fsp3) is 0.267. The number of anilines is 1. The van der Waals surface area contributed by atoms with Gasteiger partial charge in [-0.1, -0.05) is 12.1 Å². The summed E-state index contributed by atoms with van der Waals surface area (Å²) < 4.78 is 30.3. The Balaban J connectivity index is 1.79. The monoisotopic (exact) mass is 319 g/mol. The largest absolute Gasteiger partial charge is 0.435 e. The van der Waals surface area contributed by atoms with E-state index in [2.05, 4.69) is 25.1 Å². The van der Waals surface area contributed by atoms with Crippen molar-refractivity contribution >= 4 is 16.9 Å². The van der Waals surface area contributed by atoms with E-state index in [1.165, 1.54) is 18.5 Å². The van der Waals surface area contributed by atoms with Crippen LogP contribution in [-0.2, 0) is 7.05 Å². The molecule has 3 aromatic rings. The Bertz CT molecular complexity index is 803. The van der Waals surface area contributed by atoms with Gasteiger partial charge in [0.05, 0.1) is 11.6 Å². The van der Waals surface area contributed by atoms with Gasteiger partial charge >= 0.3 is 6.61 Å². The third kappa shape index (κ3) is 3.20. The van der Waals surface area contributed by atoms with Crippen LogP contribution in [0.4, 0.5) is 14.6 Å². The highest BCUT2D eigenvalue weighted by molar-refractivity contribution is 5.86. The van der Waals surface area contributed by atoms with Gasteiger partial charge in [0.2, 0.25) is 0 Å². The third-order valence-electron chi connectivity index (χ3n) is 3.49. The zero-order valence-electron chi connectivity index (χ0n) is 12.6. The van der Waals surface area contributed by atoms with Gasteiger partial charge in [0.1, 0.15) is 17.9 Å². The molecule has 1 aromatic carbocycles. The van der Waals surface area contributed by atoms with Crippen LogP contribution in [0.5, 0.6) is 5.75 Å². The number of rotatable bonds is 5. The number of hydrogen-bond donors (Lipinski definition) is 1. The van der Waals surface area contributed by atoms with Gasteiger partial charge in [-0.05, 0) is 24.6 Å². The lowest BCUT2D eigenvalue weighted by molar-refractivity contribution is -0.0498. The number of nitrogens with zero attached hydrogens (tertiary/aromatic N) is 4. The first-order valence-corrected chi connectivity index (χ1v) is 6.98. The number of alkyl halides is 2. The predicted octanol–water partition coefficient (Wildman–Crippen LogP) is 3.14. The topological polar surface area (TPSA) is 64.9 Å². The minimum Gasteiger partial charge on any atom is -0.435 e. The van der Waals surface area contributed by atoms with E-state index in [-0.39, 0.29) is 11.8 Å². The van der Waals surface area contributed by atoms with Crippen LogP contribution in [0.15, 0.2) is 36.8 Å². The van der Waals surface area contributed by atoms with Gasteiger partial charge in [-0.3, -0.25) is 4.68 Å². The highest BCUT2D eigenvalue weighted by Gasteiger charge is 2.12. The first-order valence-electron chi connectivity index (χ1n) is 6.98. The lowest BCUT2D eigenvalue weighted by Crippen LogP contribution is -2.09. The summed E-state index contributed by atoms with van der Waals surface area (Å²) in [5, 5.41) is 8.26. The lowest BCUT2D eigenvalue weighted by Gasteiger charge is -2.16. The molecule has 0 radical (unpaired) electrons. The zero-order chi connectivity index (χ0) is 16.4. The number of fused-ring (bicyclic) bond motifs is 1. The summed E-state index contributed by atoms with van der Waals surface area (Å²) in [6.07, 6.45) is 3.17. The fourth-order valence-corrected chi connectivity index (χ4v) is 2.30. The maximum atomic E-state index is 12.2. The quantitative estimate of drug-likeness (QED) is 0.782. The van der Waals surface area contributed by atoms with E-state index in [1.54, 1.807) is 23.0 Å². The highest BCUT2D eigenvalue weighted by Crippen LogP contribution is 2.25. The van der Waals surface area contributed by atoms with Crippen LogP contribution in [0.25, 0.3) is 11.0 Å². The molecule has 0 saturated carbocycles. The number of hydrogen-bond acceptors (Lipinski definition) is 5. The number of ether oxygens (including phenoxy) is 1. The van der Waals surface area contributed by atoms with Gasteiger partial charge in [0.15, 0.2) is 5.65 Å². The van der Waals surface area contributed by atoms with Crippen LogP contribution in [0.3, 0.4) is 0 Å². The van der Waals surface area contributed by atoms with Crippen LogP contribution in [-0.4, -0.2) is 26.4 Å². The van der Waals surface area contributed by atoms with Gasteiger partial charge in [-0.2, -0.15) is 13.9 Å². The van der Waals surface area contributed by atoms with E-state index in [1.807, 2.05) is 14.0 Å². The van der Waals surface area contributed by atoms with Gasteiger partial charge in [-0.15, -0.1) is 0 Å². The SMILES string of the molecule is C[C@@H](Nc1ncnc2c1cnn2C)c1ccc(OC(F)F)cc1. The van der Waals surface area contributed by atoms with Crippen molar-refractivity contribution in [3.8, 4) is 5.75 Å². The Morgan fingerprint density at radius 3 is 2.61 bits per heavy atom. The van der Waals surface area contributed by atoms with E-state index >= 15 is 0 Å². The molecule has 6 nitrogen and oxygen atoms in total. The number of aromatic nitrogens is 4. The fourth-order valence-electron chi connectivity index (χ4n) is 2.30. The summed E-state index contributed by atoms with van der Waals surface area (Å²) in [7, 11) is 1.81. The van der Waals surface area contributed by atoms with Gasteiger partial charge < -0.3 is 10.1 Å². The van der Waals surface area contributed by atoms with Crippen molar-refractivity contribution in [2.75, 3.05) is 5.32 Å². The number of benzene rings is 1. The molecule has 0 aliphatic rings. The smallest absolute Gasteiger partial charge is 0.387 e. The van der Waals surface area contributed by atoms with Gasteiger partial charge in [-0.25, -0.2) is 9.97 Å². The molecule has 8 heteroatoms. The summed E-state index contributed by atoms with van der Waals surface area (Å²) in [5.41, 5.74) is 1.65. The lowest BCUT2D eigenvalue weighted by atomic mass is 10.1. The Morgan fingerprint density at radius 2 is 1.91 bits per heavy atom. The van der Waals surface area contributed by atoms with Crippen molar-refractivity contribution in [1.29, 1.82) is 0 Å². The number of aryl methyl sites for hydroxylation is 1. The van der Waals surface area contributed by atoms with E-state index < -0.39 is 6.61 Å². The second-order valence-electron chi connectivity index (χ2n) is 5.04. The van der Waals surface area contributed by atoms with Crippen LogP contribution in [0, 0.1) is 0 Å². The summed E-state index contributed by atoms with van der Waals surface area (Å²) in [5.74, 6) is 0.802. The van der Waals surface area contributed by atoms with E-state index in [0.29, 0.717) is 5.82 Å². The summed E-state index contributed by atoms with van der Waals surface area (Å²) in [6, 6.07) is 6.42. The molecule has 0 bridgehead atoms. The van der Waals surface area contributed by atoms with Crippen LogP contribution in [0.1, 0.15) is 18.5 Å². The zero-order valence-corrected chi connectivity index (χ0v) is 12.6. The molecule has 3 rings (SSSR count). The van der Waals surface area contributed by atoms with Crippen molar-refractivity contribution in [2.45, 2.75) is 19.6 Å². The van der Waals surface area contributed by atoms with E-state index in [9.17, 15) is 8.78 Å². The normalized spacial score (nSPS) is 12.6. The van der Waals surface area contributed by atoms with E-state index in [4.69, 9.17) is 0 Å². The maximum absolute atomic E-state index is 12.2. The molecule has 0 spiro atoms. The van der Waals surface area contributed by atoms with Crippen molar-refractivity contribution in [2.24, 2.45) is 7.05 Å². The summed E-state index contributed by atoms with van der Waals surface area (Å²) >= 11 is 0. The molecule has 0 saturated heterocycles. The molecule has 23 heavy (non-hydrogen) atoms. The van der Waals surface area contributed by atoms with E-state index in [0.717, 1.165) is 16.6 Å². The van der Waals surface area contributed by atoms with Gasteiger partial charge in [0, 0.05) is 13.1 Å². The Kier molecular flexibility index (Phi) is 4.05. The van der Waals surface area contributed by atoms with Crippen LogP contribution < -0.4 is 10.1 Å². The molecule has 2 aromatic heterocycles. The first kappa shape index (κ1) is 15.1. The Hall–Kier alpha value is -2.77. The molecule has 1 N–H and O–H groups in total. The molecule has 120 valence electrons. The third-order valence-corrected chi connectivity index (χ3v) is 3.49. The molecule has 1 atom stereocenters. The van der Waals surface area contributed by atoms with Crippen molar-refractivity contribution < 1.29 is 13.5 Å². The van der Waals surface area contributed by atoms with Crippen molar-refractivity contribution in [1.82, 2.24) is 19.7 Å². The average molecular weight is 319 g/mol. The molecular formula is C15H15F2N5O. The minimum atomic E-state index is -2.82. The average Bonchev–Trinajstić information content (AvgIpc) is 2.90. The number of halogens is 2. The molecule has 0 aliphatic heterocycles. The summed E-state index contributed by atoms with van der Waals surface area (Å²) in [6.45, 7) is -0.871. The summed E-state index contributed by atoms with van der Waals surface area (Å²) in [4.78, 5) is 8.43. The number of nitrogens with one attached hydrogen (secondary N) is 1. The highest BCUT2D eigenvalue weighted by atomic mass is 19.3. The molecule has 0 amide bonds. The van der Waals surface area contributed by atoms with Crippen LogP contribution in [0.2, 0.25) is 0 Å². The first-order chi connectivity index (χ1) is 11.0. The van der Waals surface area contributed by atoms with Crippen molar-refractivity contribution in [3.05, 3.63) is 42.4 Å². The van der Waals surface area contributed by atoms with Crippen LogP contribution >= 0.6 is 0 Å². The standard InChI is InChI=1S/C15H15F2N5O/c1-9(10-3-5-11(6-4-10)23-15(16)17)21-13-12-7-20-22(2)14(12)19-8-18-13/h3-9,15H,1-2H3,(H,18,19,21)/t9-/m1/s1. The second-order valence-corrected chi connectivity index (χ2v) is 5.04. The maximum Gasteiger partial charge on any atom is 0.387 e. The molecule has 0 aliphatic carbocycles. The Labute approximate surface area is 131 Å². The second kappa shape index (κ2) is 6.15. The molecule has 0 unspecified atom stereocenters. The molecular weight excluding hydrogens is 304 g/mol. The molecule has 0 fully saturated rings. The predicted molar refractivity (Wildman–Crippen MR) is 81.4 cm³/mol. The molecule has 2 heterocycles. The van der Waals surface area contributed by atoms with Gasteiger partial charge in [0.25, 0.3) is 0 Å². The van der Waals surface area contributed by atoms with Crippen molar-refractivity contribution in [3.63, 3.8) is 0 Å². The minimum absolute atomic E-state index is 0.0751.